The molecule has 0 aliphatic carbocycles. The Morgan fingerprint density at radius 2 is 1.88 bits per heavy atom. The van der Waals surface area contributed by atoms with Gasteiger partial charge in [0, 0.05) is 6.54 Å². The van der Waals surface area contributed by atoms with Crippen molar-refractivity contribution in [2.75, 3.05) is 19.7 Å². The monoisotopic (exact) mass is 248 g/mol. The molecule has 100 valence electrons. The molecule has 0 radical (unpaired) electrons. The van der Waals surface area contributed by atoms with E-state index in [1.54, 1.807) is 20.8 Å². The van der Waals surface area contributed by atoms with Crippen LogP contribution in [0.4, 0.5) is 4.79 Å². The second-order valence-electron chi connectivity index (χ2n) is 4.50. The van der Waals surface area contributed by atoms with Gasteiger partial charge in [-0.1, -0.05) is 0 Å². The predicted octanol–water partition coefficient (Wildman–Crippen LogP) is -1.02. The molecule has 7 heteroatoms. The van der Waals surface area contributed by atoms with E-state index in [-0.39, 0.29) is 13.1 Å². The summed E-state index contributed by atoms with van der Waals surface area (Å²) in [7, 11) is 0. The first-order valence-corrected chi connectivity index (χ1v) is 5.27. The van der Waals surface area contributed by atoms with Crippen molar-refractivity contribution in [2.24, 2.45) is 0 Å². The van der Waals surface area contributed by atoms with E-state index >= 15 is 0 Å². The van der Waals surface area contributed by atoms with Gasteiger partial charge in [0.15, 0.2) is 0 Å². The summed E-state index contributed by atoms with van der Waals surface area (Å²) in [5.74, 6) is -0.469. The maximum atomic E-state index is 11.2. The Balaban J connectivity index is 3.74. The van der Waals surface area contributed by atoms with Crippen LogP contribution in [0, 0.1) is 0 Å². The van der Waals surface area contributed by atoms with Gasteiger partial charge in [-0.3, -0.25) is 4.79 Å². The maximum absolute atomic E-state index is 11.2. The normalized spacial score (nSPS) is 12.8. The Bertz CT molecular complexity index is 262. The Hall–Kier alpha value is -1.34. The molecule has 0 saturated carbocycles. The van der Waals surface area contributed by atoms with E-state index in [9.17, 15) is 9.59 Å². The van der Waals surface area contributed by atoms with Crippen molar-refractivity contribution in [1.82, 2.24) is 10.6 Å². The summed E-state index contributed by atoms with van der Waals surface area (Å²) in [6, 6.07) is 0. The highest BCUT2D eigenvalue weighted by Crippen LogP contribution is 2.05. The molecule has 1 atom stereocenters. The number of amides is 2. The molecule has 0 fully saturated rings. The average molecular weight is 248 g/mol. The first-order chi connectivity index (χ1) is 7.74. The standard InChI is InChI=1S/C10H20N2O5/c1-10(2,3)17-9(16)12-5-8(15)11-4-7(14)6-13/h7,13-14H,4-6H2,1-3H3,(H,11,15)(H,12,16). The number of aliphatic hydroxyl groups excluding tert-OH is 2. The first-order valence-electron chi connectivity index (χ1n) is 5.27. The van der Waals surface area contributed by atoms with Crippen LogP contribution in [0.2, 0.25) is 0 Å². The third kappa shape index (κ3) is 9.58. The number of hydrogen-bond donors (Lipinski definition) is 4. The average Bonchev–Trinajstić information content (AvgIpc) is 2.20. The zero-order chi connectivity index (χ0) is 13.5. The van der Waals surface area contributed by atoms with Gasteiger partial charge in [-0.25, -0.2) is 4.79 Å². The second kappa shape index (κ2) is 7.08. The summed E-state index contributed by atoms with van der Waals surface area (Å²) in [4.78, 5) is 22.3. The van der Waals surface area contributed by atoms with Crippen LogP contribution in [0.25, 0.3) is 0 Å². The number of alkyl carbamates (subject to hydrolysis) is 1. The maximum Gasteiger partial charge on any atom is 0.408 e. The summed E-state index contributed by atoms with van der Waals surface area (Å²) >= 11 is 0. The molecule has 2 amide bonds. The molecule has 0 bridgehead atoms. The van der Waals surface area contributed by atoms with Crippen molar-refractivity contribution in [3.05, 3.63) is 0 Å². The molecular formula is C10H20N2O5. The van der Waals surface area contributed by atoms with Crippen LogP contribution in [0.15, 0.2) is 0 Å². The number of carbonyl (C=O) groups is 2. The molecule has 0 aromatic carbocycles. The lowest BCUT2D eigenvalue weighted by molar-refractivity contribution is -0.120. The largest absolute Gasteiger partial charge is 0.444 e. The molecule has 0 aromatic rings. The summed E-state index contributed by atoms with van der Waals surface area (Å²) in [5, 5.41) is 22.1. The number of ether oxygens (including phenoxy) is 1. The number of aliphatic hydroxyl groups is 2. The molecule has 0 saturated heterocycles. The van der Waals surface area contributed by atoms with Gasteiger partial charge in [-0.05, 0) is 20.8 Å². The number of nitrogens with one attached hydrogen (secondary N) is 2. The molecule has 1 unspecified atom stereocenters. The number of carbonyl (C=O) groups excluding carboxylic acids is 2. The van der Waals surface area contributed by atoms with E-state index in [2.05, 4.69) is 10.6 Å². The zero-order valence-corrected chi connectivity index (χ0v) is 10.3. The Morgan fingerprint density at radius 3 is 2.35 bits per heavy atom. The van der Waals surface area contributed by atoms with Crippen LogP contribution in [0.1, 0.15) is 20.8 Å². The van der Waals surface area contributed by atoms with Crippen molar-refractivity contribution in [3.63, 3.8) is 0 Å². The van der Waals surface area contributed by atoms with Crippen molar-refractivity contribution < 1.29 is 24.5 Å². The molecule has 0 aliphatic rings. The lowest BCUT2D eigenvalue weighted by atomic mass is 10.2. The van der Waals surface area contributed by atoms with Gasteiger partial charge in [-0.15, -0.1) is 0 Å². The zero-order valence-electron chi connectivity index (χ0n) is 10.3. The summed E-state index contributed by atoms with van der Waals surface area (Å²) in [6.07, 6.45) is -1.68. The Kier molecular flexibility index (Phi) is 6.52. The van der Waals surface area contributed by atoms with E-state index in [1.165, 1.54) is 0 Å². The summed E-state index contributed by atoms with van der Waals surface area (Å²) in [6.45, 7) is 4.40. The minimum Gasteiger partial charge on any atom is -0.444 e. The van der Waals surface area contributed by atoms with Crippen LogP contribution in [-0.4, -0.2) is 53.6 Å². The van der Waals surface area contributed by atoms with Crippen molar-refractivity contribution in [1.29, 1.82) is 0 Å². The van der Waals surface area contributed by atoms with Gasteiger partial charge < -0.3 is 25.6 Å². The fourth-order valence-corrected chi connectivity index (χ4v) is 0.825. The van der Waals surface area contributed by atoms with E-state index in [0.717, 1.165) is 0 Å². The fraction of sp³-hybridized carbons (Fsp3) is 0.800. The number of hydrogen-bond acceptors (Lipinski definition) is 5. The third-order valence-corrected chi connectivity index (χ3v) is 1.54. The summed E-state index contributed by atoms with van der Waals surface area (Å²) < 4.78 is 4.92. The van der Waals surface area contributed by atoms with Crippen LogP contribution in [0.3, 0.4) is 0 Å². The Morgan fingerprint density at radius 1 is 1.29 bits per heavy atom. The van der Waals surface area contributed by atoms with Gasteiger partial charge >= 0.3 is 6.09 Å². The smallest absolute Gasteiger partial charge is 0.408 e. The SMILES string of the molecule is CC(C)(C)OC(=O)NCC(=O)NCC(O)CO. The van der Waals surface area contributed by atoms with E-state index < -0.39 is 30.3 Å². The molecule has 0 spiro atoms. The molecule has 17 heavy (non-hydrogen) atoms. The highest BCUT2D eigenvalue weighted by Gasteiger charge is 2.16. The minimum atomic E-state index is -1.000. The number of rotatable bonds is 5. The van der Waals surface area contributed by atoms with Crippen molar-refractivity contribution in [3.8, 4) is 0 Å². The van der Waals surface area contributed by atoms with E-state index in [4.69, 9.17) is 14.9 Å². The quantitative estimate of drug-likeness (QED) is 0.498. The molecule has 7 nitrogen and oxygen atoms in total. The lowest BCUT2D eigenvalue weighted by Crippen LogP contribution is -2.42. The molecule has 0 heterocycles. The van der Waals surface area contributed by atoms with Crippen LogP contribution in [-0.2, 0) is 9.53 Å². The van der Waals surface area contributed by atoms with E-state index in [0.29, 0.717) is 0 Å². The highest BCUT2D eigenvalue weighted by atomic mass is 16.6. The molecule has 0 rings (SSSR count). The van der Waals surface area contributed by atoms with E-state index in [1.807, 2.05) is 0 Å². The third-order valence-electron chi connectivity index (χ3n) is 1.54. The van der Waals surface area contributed by atoms with Crippen molar-refractivity contribution in [2.45, 2.75) is 32.5 Å². The topological polar surface area (TPSA) is 108 Å². The minimum absolute atomic E-state index is 0.0642. The molecule has 0 aliphatic heterocycles. The van der Waals surface area contributed by atoms with Gasteiger partial charge in [-0.2, -0.15) is 0 Å². The molecule has 0 aromatic heterocycles. The van der Waals surface area contributed by atoms with Crippen LogP contribution < -0.4 is 10.6 Å². The Labute approximate surface area is 100 Å². The van der Waals surface area contributed by atoms with Gasteiger partial charge in [0.1, 0.15) is 5.60 Å². The summed E-state index contributed by atoms with van der Waals surface area (Å²) in [5.41, 5.74) is -0.617. The fourth-order valence-electron chi connectivity index (χ4n) is 0.825. The van der Waals surface area contributed by atoms with Gasteiger partial charge in [0.05, 0.1) is 19.3 Å². The highest BCUT2D eigenvalue weighted by molar-refractivity contribution is 5.82. The molecular weight excluding hydrogens is 228 g/mol. The van der Waals surface area contributed by atoms with Crippen LogP contribution >= 0.6 is 0 Å². The predicted molar refractivity (Wildman–Crippen MR) is 60.3 cm³/mol. The van der Waals surface area contributed by atoms with Crippen LogP contribution in [0.5, 0.6) is 0 Å². The lowest BCUT2D eigenvalue weighted by Gasteiger charge is -2.19. The second-order valence-corrected chi connectivity index (χ2v) is 4.50. The van der Waals surface area contributed by atoms with Gasteiger partial charge in [0.25, 0.3) is 0 Å². The first kappa shape index (κ1) is 15.7. The van der Waals surface area contributed by atoms with Gasteiger partial charge in [0.2, 0.25) is 5.91 Å². The van der Waals surface area contributed by atoms with Crippen molar-refractivity contribution >= 4 is 12.0 Å². The molecule has 4 N–H and O–H groups in total.